The zero-order valence-electron chi connectivity index (χ0n) is 15.4. The third kappa shape index (κ3) is 4.52. The van der Waals surface area contributed by atoms with Crippen molar-refractivity contribution in [1.82, 2.24) is 9.80 Å². The highest BCUT2D eigenvalue weighted by atomic mass is 16.7. The van der Waals surface area contributed by atoms with Crippen LogP contribution in [0.5, 0.6) is 11.5 Å². The molecule has 1 amide bonds. The molecule has 2 aromatic rings. The van der Waals surface area contributed by atoms with Crippen LogP contribution >= 0.6 is 0 Å². The van der Waals surface area contributed by atoms with E-state index in [1.165, 1.54) is 5.56 Å². The summed E-state index contributed by atoms with van der Waals surface area (Å²) in [6.07, 6.45) is 0.525. The first kappa shape index (κ1) is 17.7. The van der Waals surface area contributed by atoms with Gasteiger partial charge in [-0.1, -0.05) is 24.3 Å². The first-order chi connectivity index (χ1) is 13.3. The number of ether oxygens (including phenoxy) is 2. The third-order valence-electron chi connectivity index (χ3n) is 5.01. The van der Waals surface area contributed by atoms with Gasteiger partial charge < -0.3 is 19.7 Å². The number of benzene rings is 2. The Kier molecular flexibility index (Phi) is 5.44. The molecular weight excluding hydrogens is 342 g/mol. The van der Waals surface area contributed by atoms with Gasteiger partial charge in [-0.25, -0.2) is 0 Å². The van der Waals surface area contributed by atoms with Crippen molar-refractivity contribution in [2.24, 2.45) is 0 Å². The van der Waals surface area contributed by atoms with Crippen LogP contribution in [0, 0.1) is 0 Å². The minimum atomic E-state index is 0.223. The normalized spacial score (nSPS) is 16.4. The number of hydrogen-bond acceptors (Lipinski definition) is 5. The number of fused-ring (bicyclic) bond motifs is 1. The van der Waals surface area contributed by atoms with Crippen molar-refractivity contribution in [1.29, 1.82) is 0 Å². The number of amides is 1. The van der Waals surface area contributed by atoms with Crippen LogP contribution in [-0.2, 0) is 11.3 Å². The second-order valence-corrected chi connectivity index (χ2v) is 6.89. The summed E-state index contributed by atoms with van der Waals surface area (Å²) in [6.45, 7) is 5.20. The van der Waals surface area contributed by atoms with Gasteiger partial charge in [0.2, 0.25) is 12.7 Å². The van der Waals surface area contributed by atoms with Crippen molar-refractivity contribution in [2.45, 2.75) is 13.0 Å². The second-order valence-electron chi connectivity index (χ2n) is 6.89. The van der Waals surface area contributed by atoms with Crippen LogP contribution in [0.2, 0.25) is 0 Å². The SMILES string of the molecule is O=C(CCNc1ccccc1)N1CCN(Cc2ccc3c(c2)OCO3)CC1. The van der Waals surface area contributed by atoms with Gasteiger partial charge in [-0.15, -0.1) is 0 Å². The summed E-state index contributed by atoms with van der Waals surface area (Å²) in [5.41, 5.74) is 2.27. The fourth-order valence-electron chi connectivity index (χ4n) is 3.48. The lowest BCUT2D eigenvalue weighted by atomic mass is 10.1. The molecule has 1 fully saturated rings. The van der Waals surface area contributed by atoms with E-state index in [9.17, 15) is 4.79 Å². The summed E-state index contributed by atoms with van der Waals surface area (Å²) >= 11 is 0. The highest BCUT2D eigenvalue weighted by molar-refractivity contribution is 5.76. The fourth-order valence-corrected chi connectivity index (χ4v) is 3.48. The predicted molar refractivity (Wildman–Crippen MR) is 104 cm³/mol. The molecule has 27 heavy (non-hydrogen) atoms. The quantitative estimate of drug-likeness (QED) is 0.850. The average Bonchev–Trinajstić information content (AvgIpc) is 3.17. The van der Waals surface area contributed by atoms with Crippen LogP contribution in [0.3, 0.4) is 0 Å². The van der Waals surface area contributed by atoms with Gasteiger partial charge in [-0.3, -0.25) is 9.69 Å². The molecule has 0 bridgehead atoms. The number of rotatable bonds is 6. The smallest absolute Gasteiger partial charge is 0.231 e. The lowest BCUT2D eigenvalue weighted by Crippen LogP contribution is -2.48. The Morgan fingerprint density at radius 1 is 0.963 bits per heavy atom. The van der Waals surface area contributed by atoms with Crippen LogP contribution in [0.4, 0.5) is 5.69 Å². The Morgan fingerprint density at radius 2 is 1.74 bits per heavy atom. The number of anilines is 1. The zero-order chi connectivity index (χ0) is 18.5. The molecule has 6 heteroatoms. The van der Waals surface area contributed by atoms with Crippen LogP contribution in [0.25, 0.3) is 0 Å². The molecule has 0 aromatic heterocycles. The number of para-hydroxylation sites is 1. The van der Waals surface area contributed by atoms with Crippen molar-refractivity contribution in [2.75, 3.05) is 44.8 Å². The number of piperazine rings is 1. The summed E-state index contributed by atoms with van der Waals surface area (Å²) in [5.74, 6) is 1.87. The minimum absolute atomic E-state index is 0.223. The van der Waals surface area contributed by atoms with Gasteiger partial charge in [0, 0.05) is 51.4 Å². The zero-order valence-corrected chi connectivity index (χ0v) is 15.4. The molecule has 0 spiro atoms. The molecule has 0 unspecified atom stereocenters. The number of nitrogens with zero attached hydrogens (tertiary/aromatic N) is 2. The maximum atomic E-state index is 12.4. The highest BCUT2D eigenvalue weighted by Gasteiger charge is 2.21. The van der Waals surface area contributed by atoms with Gasteiger partial charge in [-0.05, 0) is 29.8 Å². The van der Waals surface area contributed by atoms with Crippen molar-refractivity contribution in [3.05, 3.63) is 54.1 Å². The van der Waals surface area contributed by atoms with E-state index in [4.69, 9.17) is 9.47 Å². The van der Waals surface area contributed by atoms with E-state index in [2.05, 4.69) is 22.3 Å². The fraction of sp³-hybridized carbons (Fsp3) is 0.381. The molecule has 6 nitrogen and oxygen atoms in total. The van der Waals surface area contributed by atoms with Crippen molar-refractivity contribution in [3.63, 3.8) is 0 Å². The third-order valence-corrected chi connectivity index (χ3v) is 5.01. The molecule has 1 saturated heterocycles. The van der Waals surface area contributed by atoms with Crippen LogP contribution in [0.15, 0.2) is 48.5 Å². The molecule has 2 aromatic carbocycles. The van der Waals surface area contributed by atoms with Gasteiger partial charge in [0.05, 0.1) is 0 Å². The number of hydrogen-bond donors (Lipinski definition) is 1. The van der Waals surface area contributed by atoms with E-state index >= 15 is 0 Å². The van der Waals surface area contributed by atoms with Gasteiger partial charge in [0.1, 0.15) is 0 Å². The Labute approximate surface area is 159 Å². The molecule has 0 aliphatic carbocycles. The molecule has 2 aliphatic heterocycles. The van der Waals surface area contributed by atoms with Crippen molar-refractivity contribution < 1.29 is 14.3 Å². The lowest BCUT2D eigenvalue weighted by Gasteiger charge is -2.35. The maximum Gasteiger partial charge on any atom is 0.231 e. The molecular formula is C21H25N3O3. The molecule has 142 valence electrons. The summed E-state index contributed by atoms with van der Waals surface area (Å²) in [5, 5.41) is 3.30. The summed E-state index contributed by atoms with van der Waals surface area (Å²) in [4.78, 5) is 16.8. The van der Waals surface area contributed by atoms with E-state index in [-0.39, 0.29) is 5.91 Å². The Bertz CT molecular complexity index is 773. The van der Waals surface area contributed by atoms with Gasteiger partial charge in [0.15, 0.2) is 11.5 Å². The second kappa shape index (κ2) is 8.31. The van der Waals surface area contributed by atoms with E-state index < -0.39 is 0 Å². The standard InChI is InChI=1S/C21H25N3O3/c25-21(8-9-22-18-4-2-1-3-5-18)24-12-10-23(11-13-24)15-17-6-7-19-20(14-17)27-16-26-19/h1-7,14,22H,8-13,15-16H2. The van der Waals surface area contributed by atoms with Crippen LogP contribution in [0.1, 0.15) is 12.0 Å². The first-order valence-corrected chi connectivity index (χ1v) is 9.45. The lowest BCUT2D eigenvalue weighted by molar-refractivity contribution is -0.132. The summed E-state index contributed by atoms with van der Waals surface area (Å²) in [6, 6.07) is 16.1. The minimum Gasteiger partial charge on any atom is -0.454 e. The van der Waals surface area contributed by atoms with Gasteiger partial charge in [-0.2, -0.15) is 0 Å². The van der Waals surface area contributed by atoms with E-state index in [1.807, 2.05) is 41.3 Å². The number of carbonyl (C=O) groups is 1. The highest BCUT2D eigenvalue weighted by Crippen LogP contribution is 2.32. The molecule has 4 rings (SSSR count). The maximum absolute atomic E-state index is 12.4. The Morgan fingerprint density at radius 3 is 2.56 bits per heavy atom. The number of carbonyl (C=O) groups excluding carboxylic acids is 1. The van der Waals surface area contributed by atoms with E-state index in [0.717, 1.165) is 49.9 Å². The molecule has 2 heterocycles. The molecule has 2 aliphatic rings. The number of nitrogens with one attached hydrogen (secondary N) is 1. The average molecular weight is 367 g/mol. The van der Waals surface area contributed by atoms with Gasteiger partial charge >= 0.3 is 0 Å². The van der Waals surface area contributed by atoms with Crippen molar-refractivity contribution in [3.8, 4) is 11.5 Å². The van der Waals surface area contributed by atoms with Gasteiger partial charge in [0.25, 0.3) is 0 Å². The Balaban J connectivity index is 1.20. The van der Waals surface area contributed by atoms with E-state index in [0.29, 0.717) is 19.8 Å². The van der Waals surface area contributed by atoms with Crippen molar-refractivity contribution >= 4 is 11.6 Å². The Hall–Kier alpha value is -2.73. The molecule has 0 radical (unpaired) electrons. The van der Waals surface area contributed by atoms with E-state index in [1.54, 1.807) is 0 Å². The predicted octanol–water partition coefficient (Wildman–Crippen LogP) is 2.56. The van der Waals surface area contributed by atoms with Crippen LogP contribution in [-0.4, -0.2) is 55.2 Å². The first-order valence-electron chi connectivity index (χ1n) is 9.45. The van der Waals surface area contributed by atoms with Crippen LogP contribution < -0.4 is 14.8 Å². The molecule has 0 saturated carbocycles. The molecule has 1 N–H and O–H groups in total. The summed E-state index contributed by atoms with van der Waals surface area (Å²) in [7, 11) is 0. The monoisotopic (exact) mass is 367 g/mol. The topological polar surface area (TPSA) is 54.0 Å². The molecule has 0 atom stereocenters. The largest absolute Gasteiger partial charge is 0.454 e. The summed E-state index contributed by atoms with van der Waals surface area (Å²) < 4.78 is 10.8.